The number of nitrogens with one attached hydrogen (secondary N) is 1. The summed E-state index contributed by atoms with van der Waals surface area (Å²) in [7, 11) is 1.78. The summed E-state index contributed by atoms with van der Waals surface area (Å²) in [4.78, 5) is 21.3. The number of carbonyl (C=O) groups excluding carboxylic acids is 1. The van der Waals surface area contributed by atoms with Gasteiger partial charge in [0, 0.05) is 42.0 Å². The van der Waals surface area contributed by atoms with E-state index >= 15 is 0 Å². The van der Waals surface area contributed by atoms with Gasteiger partial charge in [0.25, 0.3) is 0 Å². The quantitative estimate of drug-likeness (QED) is 0.444. The summed E-state index contributed by atoms with van der Waals surface area (Å²) in [6.45, 7) is 0. The lowest BCUT2D eigenvalue weighted by Gasteiger charge is -2.18. The van der Waals surface area contributed by atoms with Crippen LogP contribution in [0, 0.1) is 11.6 Å². The molecule has 31 heavy (non-hydrogen) atoms. The summed E-state index contributed by atoms with van der Waals surface area (Å²) in [6, 6.07) is 11.6. The van der Waals surface area contributed by atoms with Crippen molar-refractivity contribution in [2.45, 2.75) is 6.04 Å². The smallest absolute Gasteiger partial charge is 0.244 e. The number of hydrogen-bond donors (Lipinski definition) is 1. The van der Waals surface area contributed by atoms with Gasteiger partial charge in [0.2, 0.25) is 5.91 Å². The van der Waals surface area contributed by atoms with Crippen molar-refractivity contribution >= 4 is 23.3 Å². The molecular formula is C23H18F2N4OS. The summed E-state index contributed by atoms with van der Waals surface area (Å²) >= 11 is 1.39. The Bertz CT molecular complexity index is 1230. The van der Waals surface area contributed by atoms with Crippen LogP contribution in [-0.4, -0.2) is 20.4 Å². The second-order valence-corrected chi connectivity index (χ2v) is 7.64. The molecule has 4 rings (SSSR count). The molecule has 1 unspecified atom stereocenters. The molecule has 1 amide bonds. The molecule has 1 N–H and O–H groups in total. The normalized spacial score (nSPS) is 12.2. The second kappa shape index (κ2) is 9.01. The summed E-state index contributed by atoms with van der Waals surface area (Å²) in [5, 5.41) is 5.34. The van der Waals surface area contributed by atoms with Crippen LogP contribution >= 0.6 is 11.3 Å². The maximum atomic E-state index is 14.4. The van der Waals surface area contributed by atoms with E-state index in [-0.39, 0.29) is 5.82 Å². The second-order valence-electron chi connectivity index (χ2n) is 6.78. The number of nitrogens with zero attached hydrogens (tertiary/aromatic N) is 3. The minimum Gasteiger partial charge on any atom is -0.338 e. The standard InChI is InChI=1S/C23H18F2N4OS/c1-29-13-12-26-22(29)21(18-4-2-3-5-19(18)25)28-20(30)11-10-17-14-31-23(27-17)15-6-8-16(24)9-7-15/h2-14,21H,1H3,(H,28,30)/b11-10+. The van der Waals surface area contributed by atoms with Crippen LogP contribution in [0.5, 0.6) is 0 Å². The first-order valence-corrected chi connectivity index (χ1v) is 10.3. The molecule has 156 valence electrons. The highest BCUT2D eigenvalue weighted by Crippen LogP contribution is 2.25. The van der Waals surface area contributed by atoms with Crippen molar-refractivity contribution in [2.24, 2.45) is 7.05 Å². The molecule has 0 aliphatic carbocycles. The van der Waals surface area contributed by atoms with Gasteiger partial charge >= 0.3 is 0 Å². The Hall–Kier alpha value is -3.65. The van der Waals surface area contributed by atoms with E-state index in [1.54, 1.807) is 65.8 Å². The van der Waals surface area contributed by atoms with Gasteiger partial charge in [-0.1, -0.05) is 18.2 Å². The van der Waals surface area contributed by atoms with Gasteiger partial charge in [-0.25, -0.2) is 18.7 Å². The molecule has 2 aromatic heterocycles. The lowest BCUT2D eigenvalue weighted by atomic mass is 10.1. The number of thiazole rings is 1. The molecule has 4 aromatic rings. The van der Waals surface area contributed by atoms with E-state index in [2.05, 4.69) is 15.3 Å². The molecule has 8 heteroatoms. The molecular weight excluding hydrogens is 418 g/mol. The number of aryl methyl sites for hydroxylation is 1. The van der Waals surface area contributed by atoms with E-state index in [1.807, 2.05) is 0 Å². The van der Waals surface area contributed by atoms with E-state index in [9.17, 15) is 13.6 Å². The number of rotatable bonds is 6. The summed E-state index contributed by atoms with van der Waals surface area (Å²) in [5.41, 5.74) is 1.72. The highest BCUT2D eigenvalue weighted by molar-refractivity contribution is 7.13. The van der Waals surface area contributed by atoms with Gasteiger partial charge in [0.1, 0.15) is 28.5 Å². The molecule has 0 saturated heterocycles. The van der Waals surface area contributed by atoms with Crippen LogP contribution in [0.3, 0.4) is 0 Å². The Balaban J connectivity index is 1.52. The highest BCUT2D eigenvalue weighted by atomic mass is 32.1. The van der Waals surface area contributed by atoms with E-state index in [4.69, 9.17) is 0 Å². The van der Waals surface area contributed by atoms with Crippen LogP contribution in [0.4, 0.5) is 8.78 Å². The molecule has 2 heterocycles. The van der Waals surface area contributed by atoms with Crippen molar-refractivity contribution in [1.82, 2.24) is 19.9 Å². The highest BCUT2D eigenvalue weighted by Gasteiger charge is 2.22. The van der Waals surface area contributed by atoms with Gasteiger partial charge in [0.15, 0.2) is 0 Å². The van der Waals surface area contributed by atoms with E-state index in [0.717, 1.165) is 10.6 Å². The van der Waals surface area contributed by atoms with E-state index in [0.29, 0.717) is 17.1 Å². The average Bonchev–Trinajstić information content (AvgIpc) is 3.41. The van der Waals surface area contributed by atoms with Gasteiger partial charge in [0.05, 0.1) is 5.69 Å². The first kappa shape index (κ1) is 20.6. The predicted molar refractivity (Wildman–Crippen MR) is 116 cm³/mol. The van der Waals surface area contributed by atoms with Gasteiger partial charge in [-0.3, -0.25) is 4.79 Å². The molecule has 0 saturated carbocycles. The maximum Gasteiger partial charge on any atom is 0.244 e. The Labute approximate surface area is 181 Å². The third-order valence-corrected chi connectivity index (χ3v) is 5.55. The third-order valence-electron chi connectivity index (χ3n) is 4.64. The van der Waals surface area contributed by atoms with Crippen LogP contribution in [0.1, 0.15) is 23.1 Å². The summed E-state index contributed by atoms with van der Waals surface area (Å²) in [5.74, 6) is -0.635. The van der Waals surface area contributed by atoms with Crippen molar-refractivity contribution in [3.63, 3.8) is 0 Å². The first-order chi connectivity index (χ1) is 15.0. The third kappa shape index (κ3) is 4.75. The number of carbonyl (C=O) groups is 1. The Kier molecular flexibility index (Phi) is 5.99. The topological polar surface area (TPSA) is 59.8 Å². The Morgan fingerprint density at radius 1 is 1.16 bits per heavy atom. The van der Waals surface area contributed by atoms with Crippen LogP contribution in [-0.2, 0) is 11.8 Å². The number of hydrogen-bond acceptors (Lipinski definition) is 4. The van der Waals surface area contributed by atoms with Gasteiger partial charge < -0.3 is 9.88 Å². The molecule has 0 bridgehead atoms. The van der Waals surface area contributed by atoms with Crippen molar-refractivity contribution in [1.29, 1.82) is 0 Å². The fourth-order valence-electron chi connectivity index (χ4n) is 3.09. The van der Waals surface area contributed by atoms with Gasteiger partial charge in [-0.15, -0.1) is 11.3 Å². The molecule has 2 aromatic carbocycles. The zero-order chi connectivity index (χ0) is 21.8. The first-order valence-electron chi connectivity index (χ1n) is 9.43. The molecule has 0 spiro atoms. The predicted octanol–water partition coefficient (Wildman–Crippen LogP) is 4.74. The van der Waals surface area contributed by atoms with Crippen LogP contribution in [0.2, 0.25) is 0 Å². The van der Waals surface area contributed by atoms with Crippen molar-refractivity contribution < 1.29 is 13.6 Å². The molecule has 0 fully saturated rings. The monoisotopic (exact) mass is 436 g/mol. The molecule has 0 aliphatic heterocycles. The number of benzene rings is 2. The van der Waals surface area contributed by atoms with Gasteiger partial charge in [-0.2, -0.15) is 0 Å². The molecule has 1 atom stereocenters. The van der Waals surface area contributed by atoms with E-state index in [1.165, 1.54) is 35.6 Å². The zero-order valence-electron chi connectivity index (χ0n) is 16.5. The molecule has 0 aliphatic rings. The SMILES string of the molecule is Cn1ccnc1C(NC(=O)/C=C/c1csc(-c2ccc(F)cc2)n1)c1ccccc1F. The number of imidazole rings is 1. The lowest BCUT2D eigenvalue weighted by Crippen LogP contribution is -2.30. The largest absolute Gasteiger partial charge is 0.338 e. The number of amides is 1. The minimum atomic E-state index is -0.747. The Morgan fingerprint density at radius 3 is 2.65 bits per heavy atom. The van der Waals surface area contributed by atoms with Crippen LogP contribution in [0.25, 0.3) is 16.6 Å². The number of halogens is 2. The van der Waals surface area contributed by atoms with Crippen molar-refractivity contribution in [3.8, 4) is 10.6 Å². The van der Waals surface area contributed by atoms with Crippen LogP contribution < -0.4 is 5.32 Å². The summed E-state index contributed by atoms with van der Waals surface area (Å²) in [6.07, 6.45) is 6.25. The van der Waals surface area contributed by atoms with E-state index < -0.39 is 17.8 Å². The molecule has 5 nitrogen and oxygen atoms in total. The summed E-state index contributed by atoms with van der Waals surface area (Å²) < 4.78 is 29.2. The fraction of sp³-hybridized carbons (Fsp3) is 0.0870. The van der Waals surface area contributed by atoms with Gasteiger partial charge in [-0.05, 0) is 36.4 Å². The van der Waals surface area contributed by atoms with Crippen molar-refractivity contribution in [3.05, 3.63) is 101 Å². The lowest BCUT2D eigenvalue weighted by molar-refractivity contribution is -0.117. The van der Waals surface area contributed by atoms with Crippen molar-refractivity contribution in [2.75, 3.05) is 0 Å². The zero-order valence-corrected chi connectivity index (χ0v) is 17.3. The Morgan fingerprint density at radius 2 is 1.94 bits per heavy atom. The van der Waals surface area contributed by atoms with Crippen LogP contribution in [0.15, 0.2) is 72.4 Å². The molecule has 0 radical (unpaired) electrons. The number of aromatic nitrogens is 3. The average molecular weight is 436 g/mol. The minimum absolute atomic E-state index is 0.311. The fourth-order valence-corrected chi connectivity index (χ4v) is 3.88. The maximum absolute atomic E-state index is 14.4.